The average Bonchev–Trinajstić information content (AvgIpc) is 2.43. The fourth-order valence-electron chi connectivity index (χ4n) is 2.22. The van der Waals surface area contributed by atoms with Crippen molar-refractivity contribution in [1.82, 2.24) is 0 Å². The molecule has 2 nitrogen and oxygen atoms in total. The molecule has 85 valence electrons. The van der Waals surface area contributed by atoms with Gasteiger partial charge in [0.2, 0.25) is 5.78 Å². The Hall–Kier alpha value is -2.48. The van der Waals surface area contributed by atoms with E-state index in [0.717, 1.165) is 21.5 Å². The smallest absolute Gasteiger partial charge is 0.277 e. The molecule has 0 N–H and O–H groups in total. The van der Waals surface area contributed by atoms with Gasteiger partial charge >= 0.3 is 0 Å². The van der Waals surface area contributed by atoms with Crippen LogP contribution >= 0.6 is 0 Å². The van der Waals surface area contributed by atoms with Gasteiger partial charge in [-0.1, -0.05) is 42.5 Å². The maximum absolute atomic E-state index is 11.5. The van der Waals surface area contributed by atoms with Crippen LogP contribution < -0.4 is 0 Å². The molecule has 0 unspecified atom stereocenters. The van der Waals surface area contributed by atoms with Crippen molar-refractivity contribution in [2.45, 2.75) is 0 Å². The Bertz CT molecular complexity index is 772. The van der Waals surface area contributed by atoms with Crippen LogP contribution in [0.5, 0.6) is 0 Å². The van der Waals surface area contributed by atoms with Crippen LogP contribution in [0, 0.1) is 0 Å². The van der Waals surface area contributed by atoms with E-state index < -0.39 is 5.78 Å². The number of hydrogen-bond acceptors (Lipinski definition) is 2. The minimum absolute atomic E-state index is 0.410. The van der Waals surface area contributed by atoms with Gasteiger partial charge in [-0.2, -0.15) is 0 Å². The minimum atomic E-state index is -0.601. The lowest BCUT2D eigenvalue weighted by atomic mass is 9.98. The molecule has 0 heterocycles. The molecule has 0 aliphatic heterocycles. The summed E-state index contributed by atoms with van der Waals surface area (Å²) in [5, 5.41) is 3.92. The first-order valence-corrected chi connectivity index (χ1v) is 5.63. The average molecular weight is 233 g/mol. The van der Waals surface area contributed by atoms with Gasteiger partial charge in [0.15, 0.2) is 0 Å². The monoisotopic (exact) mass is 233 g/mol. The van der Waals surface area contributed by atoms with Crippen LogP contribution in [0.2, 0.25) is 0 Å². The molecule has 3 aromatic rings. The molecule has 1 radical (unpaired) electrons. The SMILES string of the molecule is O=[C]C(=O)c1cccc2cc3ccccc3cc12. The first kappa shape index (κ1) is 10.7. The number of carbonyl (C=O) groups is 1. The van der Waals surface area contributed by atoms with E-state index in [1.807, 2.05) is 42.5 Å². The molecule has 0 amide bonds. The summed E-state index contributed by atoms with van der Waals surface area (Å²) in [6, 6.07) is 17.3. The predicted molar refractivity (Wildman–Crippen MR) is 71.5 cm³/mol. The van der Waals surface area contributed by atoms with Crippen LogP contribution in [0.3, 0.4) is 0 Å². The van der Waals surface area contributed by atoms with Gasteiger partial charge in [0, 0.05) is 5.56 Å². The highest BCUT2D eigenvalue weighted by Gasteiger charge is 2.10. The van der Waals surface area contributed by atoms with Crippen molar-refractivity contribution in [3.63, 3.8) is 0 Å². The summed E-state index contributed by atoms with van der Waals surface area (Å²) < 4.78 is 0. The van der Waals surface area contributed by atoms with Gasteiger partial charge in [0.1, 0.15) is 0 Å². The highest BCUT2D eigenvalue weighted by molar-refractivity contribution is 6.36. The normalized spacial score (nSPS) is 10.7. The first-order chi connectivity index (χ1) is 8.79. The molecular weight excluding hydrogens is 224 g/mol. The number of ketones is 1. The Kier molecular flexibility index (Phi) is 2.41. The fourth-order valence-corrected chi connectivity index (χ4v) is 2.22. The van der Waals surface area contributed by atoms with Crippen LogP contribution in [-0.4, -0.2) is 12.1 Å². The molecule has 0 saturated carbocycles. The summed E-state index contributed by atoms with van der Waals surface area (Å²) in [5.74, 6) is -0.601. The van der Waals surface area contributed by atoms with Crippen LogP contribution in [0.15, 0.2) is 54.6 Å². The summed E-state index contributed by atoms with van der Waals surface area (Å²) in [4.78, 5) is 22.1. The topological polar surface area (TPSA) is 34.1 Å². The van der Waals surface area contributed by atoms with E-state index in [2.05, 4.69) is 0 Å². The van der Waals surface area contributed by atoms with Crippen LogP contribution in [0.25, 0.3) is 21.5 Å². The van der Waals surface area contributed by atoms with Gasteiger partial charge < -0.3 is 0 Å². The van der Waals surface area contributed by atoms with E-state index in [1.54, 1.807) is 12.1 Å². The fraction of sp³-hybridized carbons (Fsp3) is 0. The summed E-state index contributed by atoms with van der Waals surface area (Å²) in [6.07, 6.45) is 1.43. The van der Waals surface area contributed by atoms with Crippen molar-refractivity contribution in [2.24, 2.45) is 0 Å². The zero-order chi connectivity index (χ0) is 12.5. The molecule has 0 atom stereocenters. The lowest BCUT2D eigenvalue weighted by Gasteiger charge is -2.05. The van der Waals surface area contributed by atoms with E-state index in [9.17, 15) is 9.59 Å². The number of carbonyl (C=O) groups excluding carboxylic acids is 2. The Balaban J connectivity index is 2.43. The number of fused-ring (bicyclic) bond motifs is 2. The van der Waals surface area contributed by atoms with Gasteiger partial charge in [0.25, 0.3) is 6.29 Å². The third-order valence-electron chi connectivity index (χ3n) is 3.08. The molecule has 3 rings (SSSR count). The van der Waals surface area contributed by atoms with Gasteiger partial charge in [-0.3, -0.25) is 9.59 Å². The maximum atomic E-state index is 11.5. The predicted octanol–water partition coefficient (Wildman–Crippen LogP) is 3.29. The highest BCUT2D eigenvalue weighted by Crippen LogP contribution is 2.25. The number of Topliss-reactive ketones (excluding diaryl/α,β-unsaturated/α-hetero) is 1. The Labute approximate surface area is 104 Å². The third kappa shape index (κ3) is 1.59. The summed E-state index contributed by atoms with van der Waals surface area (Å²) in [5.41, 5.74) is 0.410. The van der Waals surface area contributed by atoms with Crippen molar-refractivity contribution >= 4 is 33.6 Å². The molecule has 0 fully saturated rings. The van der Waals surface area contributed by atoms with Crippen molar-refractivity contribution in [3.05, 3.63) is 60.2 Å². The minimum Gasteiger partial charge on any atom is -0.285 e. The van der Waals surface area contributed by atoms with Crippen molar-refractivity contribution in [3.8, 4) is 0 Å². The lowest BCUT2D eigenvalue weighted by molar-refractivity contribution is 0.106. The molecule has 0 aromatic heterocycles. The molecule has 0 spiro atoms. The van der Waals surface area contributed by atoms with Crippen molar-refractivity contribution in [1.29, 1.82) is 0 Å². The molecule has 0 aliphatic carbocycles. The number of rotatable bonds is 2. The maximum Gasteiger partial charge on any atom is 0.277 e. The lowest BCUT2D eigenvalue weighted by Crippen LogP contribution is -2.00. The van der Waals surface area contributed by atoms with Gasteiger partial charge in [-0.25, -0.2) is 0 Å². The quantitative estimate of drug-likeness (QED) is 0.386. The highest BCUT2D eigenvalue weighted by atomic mass is 16.2. The van der Waals surface area contributed by atoms with E-state index in [-0.39, 0.29) is 0 Å². The standard InChI is InChI=1S/C16H9O2/c17-10-16(18)14-7-3-6-13-8-11-4-1-2-5-12(11)9-15(13)14/h1-9H. The van der Waals surface area contributed by atoms with Crippen LogP contribution in [-0.2, 0) is 4.79 Å². The van der Waals surface area contributed by atoms with Crippen molar-refractivity contribution < 1.29 is 9.59 Å². The Morgan fingerprint density at radius 1 is 0.833 bits per heavy atom. The molecular formula is C16H9O2. The summed E-state index contributed by atoms with van der Waals surface area (Å²) in [6.45, 7) is 0. The number of benzene rings is 3. The van der Waals surface area contributed by atoms with E-state index in [4.69, 9.17) is 0 Å². The molecule has 3 aromatic carbocycles. The Morgan fingerprint density at radius 2 is 1.50 bits per heavy atom. The summed E-state index contributed by atoms with van der Waals surface area (Å²) in [7, 11) is 0. The molecule has 0 aliphatic rings. The number of hydrogen-bond donors (Lipinski definition) is 0. The summed E-state index contributed by atoms with van der Waals surface area (Å²) >= 11 is 0. The van der Waals surface area contributed by atoms with Crippen molar-refractivity contribution in [2.75, 3.05) is 0 Å². The molecule has 0 bridgehead atoms. The second-order valence-electron chi connectivity index (χ2n) is 4.16. The van der Waals surface area contributed by atoms with Gasteiger partial charge in [-0.05, 0) is 33.7 Å². The third-order valence-corrected chi connectivity index (χ3v) is 3.08. The molecule has 2 heteroatoms. The van der Waals surface area contributed by atoms with Gasteiger partial charge in [-0.15, -0.1) is 0 Å². The zero-order valence-electron chi connectivity index (χ0n) is 9.51. The largest absolute Gasteiger partial charge is 0.285 e. The van der Waals surface area contributed by atoms with Crippen LogP contribution in [0.4, 0.5) is 0 Å². The Morgan fingerprint density at radius 3 is 2.22 bits per heavy atom. The molecule has 0 saturated heterocycles. The second kappa shape index (κ2) is 4.08. The zero-order valence-corrected chi connectivity index (χ0v) is 9.51. The molecule has 18 heavy (non-hydrogen) atoms. The van der Waals surface area contributed by atoms with E-state index in [1.165, 1.54) is 6.29 Å². The second-order valence-corrected chi connectivity index (χ2v) is 4.16. The van der Waals surface area contributed by atoms with E-state index >= 15 is 0 Å². The van der Waals surface area contributed by atoms with Crippen LogP contribution in [0.1, 0.15) is 10.4 Å². The van der Waals surface area contributed by atoms with E-state index in [0.29, 0.717) is 5.56 Å². The van der Waals surface area contributed by atoms with Gasteiger partial charge in [0.05, 0.1) is 0 Å². The first-order valence-electron chi connectivity index (χ1n) is 5.63.